The summed E-state index contributed by atoms with van der Waals surface area (Å²) in [4.78, 5) is 12.1. The van der Waals surface area contributed by atoms with Gasteiger partial charge in [-0.2, -0.15) is 5.26 Å². The van der Waals surface area contributed by atoms with Crippen molar-refractivity contribution < 1.29 is 9.53 Å². The van der Waals surface area contributed by atoms with Gasteiger partial charge in [0.1, 0.15) is 6.61 Å². The molecule has 21 heavy (non-hydrogen) atoms. The smallest absolute Gasteiger partial charge is 0.338 e. The quantitative estimate of drug-likeness (QED) is 0.692. The van der Waals surface area contributed by atoms with Crippen molar-refractivity contribution in [2.75, 3.05) is 5.73 Å². The van der Waals surface area contributed by atoms with E-state index in [1.807, 2.05) is 19.9 Å². The number of ether oxygens (including phenoxy) is 1. The van der Waals surface area contributed by atoms with Gasteiger partial charge in [0.2, 0.25) is 0 Å². The Morgan fingerprint density at radius 1 is 1.24 bits per heavy atom. The molecule has 0 saturated carbocycles. The van der Waals surface area contributed by atoms with Crippen molar-refractivity contribution in [3.8, 4) is 6.07 Å². The minimum atomic E-state index is -0.438. The summed E-state index contributed by atoms with van der Waals surface area (Å²) in [6.07, 6.45) is 0. The third-order valence-corrected chi connectivity index (χ3v) is 3.33. The molecule has 0 saturated heterocycles. The molecule has 0 radical (unpaired) electrons. The van der Waals surface area contributed by atoms with Crippen LogP contribution in [-0.4, -0.2) is 5.97 Å². The molecule has 0 amide bonds. The fraction of sp³-hybridized carbons (Fsp3) is 0.176. The van der Waals surface area contributed by atoms with Gasteiger partial charge in [-0.1, -0.05) is 24.3 Å². The van der Waals surface area contributed by atoms with E-state index in [1.165, 1.54) is 0 Å². The highest BCUT2D eigenvalue weighted by Crippen LogP contribution is 2.19. The first-order chi connectivity index (χ1) is 10.0. The average Bonchev–Trinajstić information content (AvgIpc) is 2.48. The van der Waals surface area contributed by atoms with Gasteiger partial charge in [0, 0.05) is 11.3 Å². The van der Waals surface area contributed by atoms with Crippen LogP contribution in [0.4, 0.5) is 5.69 Å². The lowest BCUT2D eigenvalue weighted by Crippen LogP contribution is -2.09. The number of carbonyl (C=O) groups is 1. The summed E-state index contributed by atoms with van der Waals surface area (Å²) in [5, 5.41) is 9.00. The second-order valence-electron chi connectivity index (χ2n) is 4.87. The molecular weight excluding hydrogens is 264 g/mol. The Kier molecular flexibility index (Phi) is 4.24. The molecule has 0 aromatic heterocycles. The van der Waals surface area contributed by atoms with Crippen LogP contribution in [0.3, 0.4) is 0 Å². The predicted molar refractivity (Wildman–Crippen MR) is 80.6 cm³/mol. The molecule has 0 heterocycles. The van der Waals surface area contributed by atoms with Gasteiger partial charge >= 0.3 is 5.97 Å². The van der Waals surface area contributed by atoms with E-state index >= 15 is 0 Å². The largest absolute Gasteiger partial charge is 0.457 e. The molecule has 0 aliphatic heterocycles. The number of nitrogens with two attached hydrogens (primary N) is 1. The monoisotopic (exact) mass is 280 g/mol. The van der Waals surface area contributed by atoms with Gasteiger partial charge in [0.05, 0.1) is 17.2 Å². The van der Waals surface area contributed by atoms with E-state index in [-0.39, 0.29) is 6.61 Å². The van der Waals surface area contributed by atoms with Crippen LogP contribution < -0.4 is 5.73 Å². The molecule has 0 spiro atoms. The molecule has 2 rings (SSSR count). The van der Waals surface area contributed by atoms with Crippen LogP contribution in [0.25, 0.3) is 0 Å². The van der Waals surface area contributed by atoms with Crippen LogP contribution in [0.5, 0.6) is 0 Å². The number of hydrogen-bond acceptors (Lipinski definition) is 4. The normalized spacial score (nSPS) is 9.95. The number of benzene rings is 2. The standard InChI is InChI=1S/C17H16N2O2/c1-11-7-12(2)16(19)8-15(11)17(20)21-10-14-6-4-3-5-13(14)9-18/h3-8H,10,19H2,1-2H3. The Bertz CT molecular complexity index is 730. The summed E-state index contributed by atoms with van der Waals surface area (Å²) in [6, 6.07) is 12.6. The highest BCUT2D eigenvalue weighted by Gasteiger charge is 2.13. The Morgan fingerprint density at radius 2 is 1.95 bits per heavy atom. The van der Waals surface area contributed by atoms with Gasteiger partial charge in [0.15, 0.2) is 0 Å². The van der Waals surface area contributed by atoms with E-state index in [0.717, 1.165) is 11.1 Å². The van der Waals surface area contributed by atoms with Crippen LogP contribution in [0.1, 0.15) is 32.6 Å². The van der Waals surface area contributed by atoms with Crippen LogP contribution >= 0.6 is 0 Å². The molecule has 0 unspecified atom stereocenters. The average molecular weight is 280 g/mol. The summed E-state index contributed by atoms with van der Waals surface area (Å²) in [5.41, 5.74) is 9.78. The second-order valence-corrected chi connectivity index (χ2v) is 4.87. The minimum Gasteiger partial charge on any atom is -0.457 e. The second kappa shape index (κ2) is 6.10. The van der Waals surface area contributed by atoms with Crippen molar-refractivity contribution in [2.45, 2.75) is 20.5 Å². The molecule has 0 aliphatic carbocycles. The van der Waals surface area contributed by atoms with Gasteiger partial charge in [-0.3, -0.25) is 0 Å². The Labute approximate surface area is 123 Å². The van der Waals surface area contributed by atoms with Crippen LogP contribution in [0.2, 0.25) is 0 Å². The summed E-state index contributed by atoms with van der Waals surface area (Å²) < 4.78 is 5.29. The number of nitrogens with zero attached hydrogens (tertiary/aromatic N) is 1. The van der Waals surface area contributed by atoms with Crippen LogP contribution in [0.15, 0.2) is 36.4 Å². The molecule has 0 bridgehead atoms. The number of carbonyl (C=O) groups excluding carboxylic acids is 1. The van der Waals surface area contributed by atoms with Crippen molar-refractivity contribution in [1.29, 1.82) is 5.26 Å². The topological polar surface area (TPSA) is 76.1 Å². The number of rotatable bonds is 3. The van der Waals surface area contributed by atoms with Gasteiger partial charge in [0.25, 0.3) is 0 Å². The SMILES string of the molecule is Cc1cc(C)c(C(=O)OCc2ccccc2C#N)cc1N. The highest BCUT2D eigenvalue weighted by molar-refractivity contribution is 5.92. The highest BCUT2D eigenvalue weighted by atomic mass is 16.5. The van der Waals surface area contributed by atoms with Crippen LogP contribution in [-0.2, 0) is 11.3 Å². The fourth-order valence-electron chi connectivity index (χ4n) is 2.07. The molecule has 2 aromatic rings. The lowest BCUT2D eigenvalue weighted by molar-refractivity contribution is 0.0471. The summed E-state index contributed by atoms with van der Waals surface area (Å²) >= 11 is 0. The van der Waals surface area contributed by atoms with Crippen molar-refractivity contribution in [2.24, 2.45) is 0 Å². The molecule has 0 fully saturated rings. The number of nitrogen functional groups attached to an aromatic ring is 1. The molecule has 2 N–H and O–H groups in total. The Hall–Kier alpha value is -2.80. The first-order valence-electron chi connectivity index (χ1n) is 6.54. The zero-order chi connectivity index (χ0) is 15.4. The first-order valence-corrected chi connectivity index (χ1v) is 6.54. The van der Waals surface area contributed by atoms with Gasteiger partial charge in [-0.05, 0) is 37.1 Å². The Balaban J connectivity index is 2.16. The number of esters is 1. The molecule has 106 valence electrons. The first kappa shape index (κ1) is 14.6. The van der Waals surface area contributed by atoms with E-state index in [1.54, 1.807) is 30.3 Å². The maximum atomic E-state index is 12.1. The number of anilines is 1. The maximum absolute atomic E-state index is 12.1. The van der Waals surface area contributed by atoms with Crippen molar-refractivity contribution in [3.05, 3.63) is 64.2 Å². The summed E-state index contributed by atoms with van der Waals surface area (Å²) in [7, 11) is 0. The zero-order valence-corrected chi connectivity index (χ0v) is 12.0. The van der Waals surface area contributed by atoms with Crippen LogP contribution in [0, 0.1) is 25.2 Å². The summed E-state index contributed by atoms with van der Waals surface area (Å²) in [6.45, 7) is 3.79. The van der Waals surface area contributed by atoms with E-state index < -0.39 is 5.97 Å². The third-order valence-electron chi connectivity index (χ3n) is 3.33. The van der Waals surface area contributed by atoms with Crippen molar-refractivity contribution in [3.63, 3.8) is 0 Å². The maximum Gasteiger partial charge on any atom is 0.338 e. The Morgan fingerprint density at radius 3 is 2.67 bits per heavy atom. The van der Waals surface area contributed by atoms with Crippen molar-refractivity contribution in [1.82, 2.24) is 0 Å². The molecule has 0 atom stereocenters. The van der Waals surface area contributed by atoms with E-state index in [0.29, 0.717) is 22.4 Å². The minimum absolute atomic E-state index is 0.0653. The number of aryl methyl sites for hydroxylation is 2. The molecule has 4 heteroatoms. The van der Waals surface area contributed by atoms with Gasteiger partial charge < -0.3 is 10.5 Å². The fourth-order valence-corrected chi connectivity index (χ4v) is 2.07. The summed E-state index contributed by atoms with van der Waals surface area (Å²) in [5.74, 6) is -0.438. The molecule has 2 aromatic carbocycles. The lowest BCUT2D eigenvalue weighted by atomic mass is 10.0. The lowest BCUT2D eigenvalue weighted by Gasteiger charge is -2.10. The van der Waals surface area contributed by atoms with Crippen molar-refractivity contribution >= 4 is 11.7 Å². The van der Waals surface area contributed by atoms with E-state index in [9.17, 15) is 4.79 Å². The number of nitriles is 1. The zero-order valence-electron chi connectivity index (χ0n) is 12.0. The molecular formula is C17H16N2O2. The molecule has 4 nitrogen and oxygen atoms in total. The van der Waals surface area contributed by atoms with Gasteiger partial charge in [-0.25, -0.2) is 4.79 Å². The third kappa shape index (κ3) is 3.21. The van der Waals surface area contributed by atoms with E-state index in [4.69, 9.17) is 15.7 Å². The van der Waals surface area contributed by atoms with E-state index in [2.05, 4.69) is 6.07 Å². The van der Waals surface area contributed by atoms with Gasteiger partial charge in [-0.15, -0.1) is 0 Å². The predicted octanol–water partition coefficient (Wildman–Crippen LogP) is 3.11. The molecule has 0 aliphatic rings. The number of hydrogen-bond donors (Lipinski definition) is 1.